The van der Waals surface area contributed by atoms with Gasteiger partial charge in [0.2, 0.25) is 5.54 Å². The molecule has 0 saturated carbocycles. The van der Waals surface area contributed by atoms with Crippen molar-refractivity contribution in [2.45, 2.75) is 12.0 Å². The summed E-state index contributed by atoms with van der Waals surface area (Å²) in [4.78, 5) is 11.4. The van der Waals surface area contributed by atoms with Crippen molar-refractivity contribution in [1.29, 1.82) is 0 Å². The number of rotatable bonds is 4. The summed E-state index contributed by atoms with van der Waals surface area (Å²) in [5.74, 6) is -0.859. The highest BCUT2D eigenvalue weighted by Gasteiger charge is 2.46. The Bertz CT molecular complexity index is 411. The summed E-state index contributed by atoms with van der Waals surface area (Å²) in [6.45, 7) is 0. The predicted molar refractivity (Wildman–Crippen MR) is 56.9 cm³/mol. The molecule has 0 aliphatic rings. The van der Waals surface area contributed by atoms with E-state index in [1.54, 1.807) is 6.07 Å². The Kier molecular flexibility index (Phi) is 4.01. The van der Waals surface area contributed by atoms with Gasteiger partial charge in [-0.05, 0) is 17.7 Å². The molecule has 0 heterocycles. The van der Waals surface area contributed by atoms with Crippen LogP contribution in [0.5, 0.6) is 5.75 Å². The molecule has 0 amide bonds. The first-order valence-electron chi connectivity index (χ1n) is 4.76. The van der Waals surface area contributed by atoms with Crippen LogP contribution in [0, 0.1) is 0 Å². The Morgan fingerprint density at radius 3 is 2.53 bits per heavy atom. The molecule has 0 radical (unpaired) electrons. The van der Waals surface area contributed by atoms with Crippen molar-refractivity contribution in [3.8, 4) is 5.75 Å². The number of alkyl halides is 2. The van der Waals surface area contributed by atoms with Crippen molar-refractivity contribution >= 4 is 5.97 Å². The smallest absolute Gasteiger partial charge is 0.336 e. The molecule has 0 saturated heterocycles. The fourth-order valence-corrected chi connectivity index (χ4v) is 1.38. The highest BCUT2D eigenvalue weighted by Crippen LogP contribution is 2.29. The predicted octanol–water partition coefficient (Wildman–Crippen LogP) is 1.29. The van der Waals surface area contributed by atoms with Gasteiger partial charge in [0, 0.05) is 0 Å². The molecule has 0 spiro atoms. The number of methoxy groups -OCH3 is 2. The summed E-state index contributed by atoms with van der Waals surface area (Å²) < 4.78 is 35.2. The highest BCUT2D eigenvalue weighted by atomic mass is 19.3. The largest absolute Gasteiger partial charge is 0.497 e. The minimum Gasteiger partial charge on any atom is -0.497 e. The molecular formula is C11H13F2NO3. The van der Waals surface area contributed by atoms with Gasteiger partial charge in [-0.2, -0.15) is 0 Å². The van der Waals surface area contributed by atoms with E-state index in [1.165, 1.54) is 25.3 Å². The number of carbonyl (C=O) groups excluding carboxylic acids is 1. The van der Waals surface area contributed by atoms with Crippen LogP contribution in [0.25, 0.3) is 0 Å². The van der Waals surface area contributed by atoms with E-state index in [-0.39, 0.29) is 5.56 Å². The van der Waals surface area contributed by atoms with Crippen LogP contribution in [0.2, 0.25) is 0 Å². The van der Waals surface area contributed by atoms with Crippen molar-refractivity contribution in [2.24, 2.45) is 5.73 Å². The summed E-state index contributed by atoms with van der Waals surface area (Å²) in [5, 5.41) is 0. The Balaban J connectivity index is 3.27. The Labute approximate surface area is 97.3 Å². The number of hydrogen-bond donors (Lipinski definition) is 1. The fraction of sp³-hybridized carbons (Fsp3) is 0.364. The third-order valence-corrected chi connectivity index (χ3v) is 2.41. The van der Waals surface area contributed by atoms with Crippen LogP contribution in [-0.4, -0.2) is 26.6 Å². The van der Waals surface area contributed by atoms with Gasteiger partial charge >= 0.3 is 5.97 Å². The monoisotopic (exact) mass is 245 g/mol. The molecule has 1 aromatic carbocycles. The molecule has 0 bridgehead atoms. The second kappa shape index (κ2) is 5.09. The maximum Gasteiger partial charge on any atom is 0.336 e. The van der Waals surface area contributed by atoms with Gasteiger partial charge in [0.05, 0.1) is 14.2 Å². The van der Waals surface area contributed by atoms with Crippen LogP contribution >= 0.6 is 0 Å². The molecule has 1 atom stereocenters. The SMILES string of the molecule is COC(=O)C(N)(c1cccc(OC)c1)C(F)F. The molecule has 4 nitrogen and oxygen atoms in total. The summed E-state index contributed by atoms with van der Waals surface area (Å²) in [6, 6.07) is 5.64. The Morgan fingerprint density at radius 2 is 2.06 bits per heavy atom. The number of nitrogens with two attached hydrogens (primary N) is 1. The van der Waals surface area contributed by atoms with Gasteiger partial charge in [-0.25, -0.2) is 13.6 Å². The van der Waals surface area contributed by atoms with Crippen LogP contribution in [0.15, 0.2) is 24.3 Å². The summed E-state index contributed by atoms with van der Waals surface area (Å²) in [6.07, 6.45) is -3.08. The molecule has 0 fully saturated rings. The van der Waals surface area contributed by atoms with Gasteiger partial charge in [-0.3, -0.25) is 0 Å². The molecule has 0 aromatic heterocycles. The molecule has 17 heavy (non-hydrogen) atoms. The highest BCUT2D eigenvalue weighted by molar-refractivity contribution is 5.83. The normalized spacial score (nSPS) is 14.2. The minimum absolute atomic E-state index is 0.0568. The first kappa shape index (κ1) is 13.4. The van der Waals surface area contributed by atoms with Crippen LogP contribution in [0.4, 0.5) is 8.78 Å². The first-order valence-corrected chi connectivity index (χ1v) is 4.76. The molecule has 0 aliphatic heterocycles. The van der Waals surface area contributed by atoms with Gasteiger partial charge in [-0.1, -0.05) is 12.1 Å². The number of benzene rings is 1. The maximum absolute atomic E-state index is 13.0. The number of carbonyl (C=O) groups is 1. The molecular weight excluding hydrogens is 232 g/mol. The standard InChI is InChI=1S/C11H13F2NO3/c1-16-8-5-3-4-7(6-8)11(14,9(12)13)10(15)17-2/h3-6,9H,14H2,1-2H3. The molecule has 6 heteroatoms. The summed E-state index contributed by atoms with van der Waals surface area (Å²) in [7, 11) is 2.39. The van der Waals surface area contributed by atoms with Gasteiger partial charge in [0.1, 0.15) is 5.75 Å². The zero-order chi connectivity index (χ0) is 13.1. The number of halogens is 2. The number of hydrogen-bond acceptors (Lipinski definition) is 4. The van der Waals surface area contributed by atoms with Crippen LogP contribution in [0.1, 0.15) is 5.56 Å². The van der Waals surface area contributed by atoms with Crippen molar-refractivity contribution in [3.63, 3.8) is 0 Å². The summed E-state index contributed by atoms with van der Waals surface area (Å²) >= 11 is 0. The number of esters is 1. The second-order valence-electron chi connectivity index (χ2n) is 3.39. The zero-order valence-electron chi connectivity index (χ0n) is 9.44. The second-order valence-corrected chi connectivity index (χ2v) is 3.39. The third kappa shape index (κ3) is 2.36. The lowest BCUT2D eigenvalue weighted by Gasteiger charge is -2.26. The molecule has 2 N–H and O–H groups in total. The number of ether oxygens (including phenoxy) is 2. The Morgan fingerprint density at radius 1 is 1.41 bits per heavy atom. The van der Waals surface area contributed by atoms with E-state index in [0.29, 0.717) is 5.75 Å². The molecule has 1 rings (SSSR count). The average molecular weight is 245 g/mol. The van der Waals surface area contributed by atoms with E-state index in [4.69, 9.17) is 10.5 Å². The lowest BCUT2D eigenvalue weighted by atomic mass is 9.91. The van der Waals surface area contributed by atoms with Crippen LogP contribution in [0.3, 0.4) is 0 Å². The lowest BCUT2D eigenvalue weighted by Crippen LogP contribution is -2.51. The third-order valence-electron chi connectivity index (χ3n) is 2.41. The fourth-order valence-electron chi connectivity index (χ4n) is 1.38. The Hall–Kier alpha value is -1.69. The van der Waals surface area contributed by atoms with Crippen molar-refractivity contribution < 1.29 is 23.0 Å². The topological polar surface area (TPSA) is 61.5 Å². The van der Waals surface area contributed by atoms with Crippen LogP contribution < -0.4 is 10.5 Å². The molecule has 1 unspecified atom stereocenters. The van der Waals surface area contributed by atoms with E-state index < -0.39 is 17.9 Å². The molecule has 1 aromatic rings. The van der Waals surface area contributed by atoms with Crippen molar-refractivity contribution in [3.05, 3.63) is 29.8 Å². The quantitative estimate of drug-likeness (QED) is 0.812. The van der Waals surface area contributed by atoms with Gasteiger partial charge in [0.15, 0.2) is 0 Å². The van der Waals surface area contributed by atoms with Gasteiger partial charge in [0.25, 0.3) is 6.43 Å². The summed E-state index contributed by atoms with van der Waals surface area (Å²) in [5.41, 5.74) is 2.92. The van der Waals surface area contributed by atoms with E-state index >= 15 is 0 Å². The molecule has 94 valence electrons. The van der Waals surface area contributed by atoms with Crippen LogP contribution in [-0.2, 0) is 15.1 Å². The first-order chi connectivity index (χ1) is 7.96. The van der Waals surface area contributed by atoms with Gasteiger partial charge in [-0.15, -0.1) is 0 Å². The van der Waals surface area contributed by atoms with E-state index in [1.807, 2.05) is 0 Å². The maximum atomic E-state index is 13.0. The zero-order valence-corrected chi connectivity index (χ0v) is 9.44. The van der Waals surface area contributed by atoms with Gasteiger partial charge < -0.3 is 15.2 Å². The average Bonchev–Trinajstić information content (AvgIpc) is 2.36. The van der Waals surface area contributed by atoms with E-state index in [9.17, 15) is 13.6 Å². The minimum atomic E-state index is -3.08. The van der Waals surface area contributed by atoms with E-state index in [2.05, 4.69) is 4.74 Å². The molecule has 0 aliphatic carbocycles. The van der Waals surface area contributed by atoms with Crippen molar-refractivity contribution in [1.82, 2.24) is 0 Å². The lowest BCUT2D eigenvalue weighted by molar-refractivity contribution is -0.154. The van der Waals surface area contributed by atoms with Crippen molar-refractivity contribution in [2.75, 3.05) is 14.2 Å². The van der Waals surface area contributed by atoms with E-state index in [0.717, 1.165) is 7.11 Å².